The maximum absolute atomic E-state index is 14.1. The summed E-state index contributed by atoms with van der Waals surface area (Å²) in [6.45, 7) is 20.9. The summed E-state index contributed by atoms with van der Waals surface area (Å²) >= 11 is 0. The molecule has 0 saturated carbocycles. The van der Waals surface area contributed by atoms with Gasteiger partial charge >= 0.3 is 11.9 Å². The van der Waals surface area contributed by atoms with E-state index in [0.717, 1.165) is 17.1 Å². The molecule has 8 atom stereocenters. The van der Waals surface area contributed by atoms with Crippen molar-refractivity contribution in [1.82, 2.24) is 30.5 Å². The predicted octanol–water partition coefficient (Wildman–Crippen LogP) is 1.75. The summed E-state index contributed by atoms with van der Waals surface area (Å²) < 4.78 is 24.5. The molecule has 3 heterocycles. The number of hydrogen-bond acceptors (Lipinski definition) is 16. The number of carbonyl (C=O) groups is 7. The predicted molar refractivity (Wildman–Crippen MR) is 255 cm³/mol. The third kappa shape index (κ3) is 16.4. The molecule has 0 spiro atoms. The number of carbonyl (C=O) groups excluding carboxylic acids is 6. The van der Waals surface area contributed by atoms with Gasteiger partial charge in [-0.15, -0.1) is 5.10 Å². The molecule has 5 amide bonds. The standard InChI is InChI=1S/C49H73N7O15/c1-12-48(8,9)46(67)68-26-30-13-15-31(23-29(30)14-16-34-38(59)39(60)40(61)41(71-34)45(65)66)51-42(62)28(4)50-44(64)37(27(2)3)52-43(63)33(56-35(57)17-18-36(56)58)24-32-25-55(54-53-32)20-22-70-49(10,11)19-21-69-47(5,6)7/h13,15,17-18,23,25,27-28,33-34,37-41,59-61H,12,14,16,19-22,24,26H2,1-11H3,(H,50,64)(H,51,62)(H,52,63)(H,65,66)/t28-,33?,34-,37?,38-,39+,40-,41-/m0/s1. The van der Waals surface area contributed by atoms with Gasteiger partial charge in [0.1, 0.15) is 43.0 Å². The normalized spacial score (nSPS) is 20.9. The zero-order valence-corrected chi connectivity index (χ0v) is 42.6. The summed E-state index contributed by atoms with van der Waals surface area (Å²) in [6.07, 6.45) is -3.71. The maximum Gasteiger partial charge on any atom is 0.335 e. The Morgan fingerprint density at radius 2 is 1.51 bits per heavy atom. The Morgan fingerprint density at radius 1 is 0.845 bits per heavy atom. The first-order valence-electron chi connectivity index (χ1n) is 23.9. The number of aryl methyl sites for hydroxylation is 1. The van der Waals surface area contributed by atoms with E-state index in [-0.39, 0.29) is 49.5 Å². The number of aliphatic carboxylic acids is 1. The third-order valence-corrected chi connectivity index (χ3v) is 12.4. The molecule has 2 aromatic rings. The third-order valence-electron chi connectivity index (χ3n) is 12.4. The van der Waals surface area contributed by atoms with Gasteiger partial charge in [-0.1, -0.05) is 32.1 Å². The lowest BCUT2D eigenvalue weighted by Gasteiger charge is -2.39. The first kappa shape index (κ1) is 57.9. The molecule has 2 aliphatic heterocycles. The summed E-state index contributed by atoms with van der Waals surface area (Å²) in [5.74, 6) is -6.22. The van der Waals surface area contributed by atoms with Gasteiger partial charge in [0.25, 0.3) is 11.8 Å². The summed E-state index contributed by atoms with van der Waals surface area (Å²) in [5.41, 5.74) is 0.0110. The largest absolute Gasteiger partial charge is 0.479 e. The van der Waals surface area contributed by atoms with Crippen LogP contribution in [0.5, 0.6) is 0 Å². The molecule has 0 aliphatic carbocycles. The minimum atomic E-state index is -1.87. The van der Waals surface area contributed by atoms with Crippen LogP contribution in [0.25, 0.3) is 0 Å². The van der Waals surface area contributed by atoms with Gasteiger partial charge in [0.15, 0.2) is 6.10 Å². The number of aliphatic hydroxyl groups is 3. The minimum Gasteiger partial charge on any atom is -0.479 e. The fraction of sp³-hybridized carbons (Fsp3) is 0.653. The van der Waals surface area contributed by atoms with E-state index in [9.17, 15) is 54.0 Å². The zero-order valence-electron chi connectivity index (χ0n) is 42.6. The van der Waals surface area contributed by atoms with E-state index in [2.05, 4.69) is 26.3 Å². The first-order valence-corrected chi connectivity index (χ1v) is 23.9. The van der Waals surface area contributed by atoms with E-state index in [4.69, 9.17) is 18.9 Å². The molecule has 22 nitrogen and oxygen atoms in total. The Morgan fingerprint density at radius 3 is 2.11 bits per heavy atom. The Kier molecular flexibility index (Phi) is 20.1. The van der Waals surface area contributed by atoms with Crippen molar-refractivity contribution < 1.29 is 72.9 Å². The number of aliphatic hydroxyl groups excluding tert-OH is 3. The highest BCUT2D eigenvalue weighted by molar-refractivity contribution is 6.15. The van der Waals surface area contributed by atoms with Gasteiger partial charge in [-0.25, -0.2) is 9.48 Å². The van der Waals surface area contributed by atoms with Crippen LogP contribution >= 0.6 is 0 Å². The van der Waals surface area contributed by atoms with E-state index in [1.807, 2.05) is 41.5 Å². The second-order valence-corrected chi connectivity index (χ2v) is 20.6. The number of amides is 5. The maximum atomic E-state index is 14.1. The number of nitrogens with zero attached hydrogens (tertiary/aromatic N) is 4. The highest BCUT2D eigenvalue weighted by Gasteiger charge is 2.47. The van der Waals surface area contributed by atoms with E-state index >= 15 is 0 Å². The quantitative estimate of drug-likeness (QED) is 0.0551. The van der Waals surface area contributed by atoms with Gasteiger partial charge in [-0.2, -0.15) is 0 Å². The van der Waals surface area contributed by atoms with Crippen LogP contribution in [-0.2, 0) is 78.5 Å². The SMILES string of the molecule is CCC(C)(C)C(=O)OCc1ccc(NC(=O)[C@H](C)NC(=O)C(NC(=O)C(Cc2cn(CCOC(C)(C)CCOC(C)(C)C)nn2)N2C(=O)C=CC2=O)C(C)C)cc1CC[C@@H]1O[C@H](C(=O)O)[C@@H](O)[C@H](O)[C@H]1O. The van der Waals surface area contributed by atoms with Crippen LogP contribution in [0, 0.1) is 11.3 Å². The number of aromatic nitrogens is 3. The molecule has 22 heteroatoms. The van der Waals surface area contributed by atoms with Crippen molar-refractivity contribution in [3.8, 4) is 0 Å². The van der Waals surface area contributed by atoms with Gasteiger partial charge in [-0.05, 0) is 110 Å². The summed E-state index contributed by atoms with van der Waals surface area (Å²) in [4.78, 5) is 92.7. The van der Waals surface area contributed by atoms with E-state index < -0.39 is 107 Å². The number of esters is 1. The van der Waals surface area contributed by atoms with Crippen LogP contribution < -0.4 is 16.0 Å². The van der Waals surface area contributed by atoms with Crippen LogP contribution in [0.4, 0.5) is 5.69 Å². The van der Waals surface area contributed by atoms with Crippen molar-refractivity contribution in [3.63, 3.8) is 0 Å². The molecule has 1 aromatic heterocycles. The lowest BCUT2D eigenvalue weighted by Crippen LogP contribution is -2.59. The topological polar surface area (TPSA) is 307 Å². The molecule has 1 fully saturated rings. The summed E-state index contributed by atoms with van der Waals surface area (Å²) in [6, 6.07) is 0.868. The smallest absolute Gasteiger partial charge is 0.335 e. The van der Waals surface area contributed by atoms with Crippen LogP contribution in [0.1, 0.15) is 112 Å². The number of imide groups is 1. The minimum absolute atomic E-state index is 0.0526. The fourth-order valence-electron chi connectivity index (χ4n) is 7.51. The average Bonchev–Trinajstić information content (AvgIpc) is 3.88. The number of carboxylic acid groups (broad SMARTS) is 1. The molecule has 0 bridgehead atoms. The van der Waals surface area contributed by atoms with Crippen molar-refractivity contribution in [2.45, 2.75) is 181 Å². The highest BCUT2D eigenvalue weighted by atomic mass is 16.6. The van der Waals surface area contributed by atoms with Crippen molar-refractivity contribution in [1.29, 1.82) is 0 Å². The molecule has 2 unspecified atom stereocenters. The van der Waals surface area contributed by atoms with E-state index in [0.29, 0.717) is 37.1 Å². The number of hydrogen-bond donors (Lipinski definition) is 7. The van der Waals surface area contributed by atoms with Crippen molar-refractivity contribution in [2.24, 2.45) is 11.3 Å². The second-order valence-electron chi connectivity index (χ2n) is 20.6. The van der Waals surface area contributed by atoms with E-state index in [1.54, 1.807) is 52.1 Å². The number of anilines is 1. The lowest BCUT2D eigenvalue weighted by atomic mass is 9.90. The van der Waals surface area contributed by atoms with Gasteiger partial charge in [-0.3, -0.25) is 33.7 Å². The average molecular weight is 1000 g/mol. The molecular weight excluding hydrogens is 927 g/mol. The molecule has 4 rings (SSSR count). The van der Waals surface area contributed by atoms with Crippen LogP contribution in [-0.4, -0.2) is 155 Å². The summed E-state index contributed by atoms with van der Waals surface area (Å²) in [7, 11) is 0. The molecule has 71 heavy (non-hydrogen) atoms. The molecule has 7 N–H and O–H groups in total. The van der Waals surface area contributed by atoms with Gasteiger partial charge < -0.3 is 55.3 Å². The first-order chi connectivity index (χ1) is 33.0. The Labute approximate surface area is 414 Å². The zero-order chi connectivity index (χ0) is 53.2. The monoisotopic (exact) mass is 1000 g/mol. The van der Waals surface area contributed by atoms with Crippen molar-refractivity contribution >= 4 is 47.2 Å². The van der Waals surface area contributed by atoms with Crippen molar-refractivity contribution in [3.05, 3.63) is 53.4 Å². The molecular formula is C49H73N7O15. The van der Waals surface area contributed by atoms with Crippen LogP contribution in [0.3, 0.4) is 0 Å². The molecule has 1 aromatic carbocycles. The number of ether oxygens (including phenoxy) is 4. The Bertz CT molecular complexity index is 2240. The van der Waals surface area contributed by atoms with Crippen LogP contribution in [0.2, 0.25) is 0 Å². The number of rotatable bonds is 25. The number of carboxylic acids is 1. The van der Waals surface area contributed by atoms with Crippen LogP contribution in [0.15, 0.2) is 36.5 Å². The molecule has 2 aliphatic rings. The van der Waals surface area contributed by atoms with E-state index in [1.165, 1.54) is 11.6 Å². The molecule has 0 radical (unpaired) electrons. The van der Waals surface area contributed by atoms with Gasteiger partial charge in [0, 0.05) is 37.1 Å². The molecule has 1 saturated heterocycles. The highest BCUT2D eigenvalue weighted by Crippen LogP contribution is 2.28. The number of nitrogens with one attached hydrogen (secondary N) is 3. The lowest BCUT2D eigenvalue weighted by molar-refractivity contribution is -0.228. The molecule has 394 valence electrons. The van der Waals surface area contributed by atoms with Crippen molar-refractivity contribution in [2.75, 3.05) is 18.5 Å². The number of benzene rings is 1. The Balaban J connectivity index is 1.45. The fourth-order valence-corrected chi connectivity index (χ4v) is 7.51. The van der Waals surface area contributed by atoms with Gasteiger partial charge in [0.05, 0.1) is 41.6 Å². The summed E-state index contributed by atoms with van der Waals surface area (Å²) in [5, 5.41) is 57.1. The second kappa shape index (κ2) is 24.7. The van der Waals surface area contributed by atoms with Gasteiger partial charge in [0.2, 0.25) is 17.7 Å². The Hall–Kier alpha value is -5.65.